The lowest BCUT2D eigenvalue weighted by atomic mass is 10.1. The van der Waals surface area contributed by atoms with Crippen molar-refractivity contribution in [1.29, 1.82) is 0 Å². The molecule has 2 aromatic heterocycles. The third-order valence-electron chi connectivity index (χ3n) is 4.56. The Morgan fingerprint density at radius 3 is 2.59 bits per heavy atom. The van der Waals surface area contributed by atoms with E-state index in [4.69, 9.17) is 13.7 Å². The number of benzene rings is 2. The van der Waals surface area contributed by atoms with Crippen LogP contribution in [-0.4, -0.2) is 11.1 Å². The largest absolute Gasteiger partial charge is 0.489 e. The Balaban J connectivity index is 1.42. The van der Waals surface area contributed by atoms with Crippen LogP contribution in [0.2, 0.25) is 0 Å². The molecular weight excluding hydrogens is 372 g/mol. The van der Waals surface area contributed by atoms with E-state index in [1.165, 1.54) is 6.07 Å². The van der Waals surface area contributed by atoms with Crippen LogP contribution in [0, 0.1) is 13.8 Å². The highest BCUT2D eigenvalue weighted by Crippen LogP contribution is 2.20. The summed E-state index contributed by atoms with van der Waals surface area (Å²) in [6.45, 7) is 4.05. The second kappa shape index (κ2) is 7.63. The van der Waals surface area contributed by atoms with Crippen LogP contribution in [0.3, 0.4) is 0 Å². The molecule has 0 atom stereocenters. The quantitative estimate of drug-likeness (QED) is 0.513. The van der Waals surface area contributed by atoms with Crippen molar-refractivity contribution < 1.29 is 18.5 Å². The van der Waals surface area contributed by atoms with Crippen LogP contribution in [0.1, 0.15) is 27.4 Å². The lowest BCUT2D eigenvalue weighted by Gasteiger charge is -2.08. The van der Waals surface area contributed by atoms with Gasteiger partial charge in [-0.15, -0.1) is 0 Å². The standard InChI is InChI=1S/C22H18N2O5/c1-13-19(14(2)29-24-13)12-27-18-7-3-15(4-8-18)22(26)23-17-6-9-20-16(11-17)5-10-21(25)28-20/h3-11H,12H2,1-2H3,(H,23,26). The maximum Gasteiger partial charge on any atom is 0.336 e. The lowest BCUT2D eigenvalue weighted by Crippen LogP contribution is -2.11. The third-order valence-corrected chi connectivity index (χ3v) is 4.56. The van der Waals surface area contributed by atoms with Crippen LogP contribution in [0.25, 0.3) is 11.0 Å². The highest BCUT2D eigenvalue weighted by molar-refractivity contribution is 6.05. The molecule has 0 fully saturated rings. The van der Waals surface area contributed by atoms with Gasteiger partial charge in [0.1, 0.15) is 23.7 Å². The van der Waals surface area contributed by atoms with Crippen molar-refractivity contribution in [3.63, 3.8) is 0 Å². The summed E-state index contributed by atoms with van der Waals surface area (Å²) in [6.07, 6.45) is 0. The van der Waals surface area contributed by atoms with E-state index in [-0.39, 0.29) is 5.91 Å². The normalized spacial score (nSPS) is 10.8. The molecule has 0 spiro atoms. The maximum atomic E-state index is 12.5. The molecule has 2 aromatic carbocycles. The van der Waals surface area contributed by atoms with Gasteiger partial charge in [0.2, 0.25) is 0 Å². The predicted molar refractivity (Wildman–Crippen MR) is 107 cm³/mol. The summed E-state index contributed by atoms with van der Waals surface area (Å²) in [5, 5.41) is 7.46. The van der Waals surface area contributed by atoms with Gasteiger partial charge in [0.05, 0.1) is 11.3 Å². The SMILES string of the molecule is Cc1noc(C)c1COc1ccc(C(=O)Nc2ccc3oc(=O)ccc3c2)cc1. The number of carbonyl (C=O) groups is 1. The summed E-state index contributed by atoms with van der Waals surface area (Å²) in [4.78, 5) is 23.8. The molecule has 7 heteroatoms. The molecule has 0 aliphatic heterocycles. The Bertz CT molecular complexity index is 1220. The molecule has 0 bridgehead atoms. The third kappa shape index (κ3) is 4.03. The highest BCUT2D eigenvalue weighted by atomic mass is 16.5. The zero-order valence-corrected chi connectivity index (χ0v) is 15.9. The Kier molecular flexibility index (Phi) is 4.87. The summed E-state index contributed by atoms with van der Waals surface area (Å²) in [7, 11) is 0. The van der Waals surface area contributed by atoms with E-state index in [1.54, 1.807) is 48.5 Å². The van der Waals surface area contributed by atoms with E-state index in [2.05, 4.69) is 10.5 Å². The van der Waals surface area contributed by atoms with Gasteiger partial charge in [-0.05, 0) is 62.4 Å². The summed E-state index contributed by atoms with van der Waals surface area (Å²) < 4.78 is 16.0. The van der Waals surface area contributed by atoms with Crippen LogP contribution < -0.4 is 15.7 Å². The number of aromatic nitrogens is 1. The van der Waals surface area contributed by atoms with Crippen LogP contribution in [0.4, 0.5) is 5.69 Å². The average molecular weight is 390 g/mol. The van der Waals surface area contributed by atoms with Gasteiger partial charge >= 0.3 is 5.63 Å². The zero-order valence-electron chi connectivity index (χ0n) is 15.9. The monoisotopic (exact) mass is 390 g/mol. The highest BCUT2D eigenvalue weighted by Gasteiger charge is 2.11. The van der Waals surface area contributed by atoms with Gasteiger partial charge in [-0.25, -0.2) is 4.79 Å². The Hall–Kier alpha value is -3.87. The number of carbonyl (C=O) groups excluding carboxylic acids is 1. The van der Waals surface area contributed by atoms with Crippen molar-refractivity contribution in [2.45, 2.75) is 20.5 Å². The number of rotatable bonds is 5. The number of hydrogen-bond acceptors (Lipinski definition) is 6. The average Bonchev–Trinajstić information content (AvgIpc) is 3.04. The zero-order chi connectivity index (χ0) is 20.4. The summed E-state index contributed by atoms with van der Waals surface area (Å²) >= 11 is 0. The first-order valence-corrected chi connectivity index (χ1v) is 8.99. The smallest absolute Gasteiger partial charge is 0.336 e. The van der Waals surface area contributed by atoms with Crippen molar-refractivity contribution in [3.05, 3.63) is 87.6 Å². The molecule has 7 nitrogen and oxygen atoms in total. The van der Waals surface area contributed by atoms with E-state index in [0.717, 1.165) is 22.4 Å². The summed E-state index contributed by atoms with van der Waals surface area (Å²) in [6, 6.07) is 14.9. The molecular formula is C22H18N2O5. The van der Waals surface area contributed by atoms with Crippen molar-refractivity contribution in [1.82, 2.24) is 5.16 Å². The van der Waals surface area contributed by atoms with Crippen LogP contribution in [0.5, 0.6) is 5.75 Å². The fourth-order valence-electron chi connectivity index (χ4n) is 2.92. The first-order chi connectivity index (χ1) is 14.0. The van der Waals surface area contributed by atoms with Crippen LogP contribution in [0.15, 0.2) is 68.3 Å². The van der Waals surface area contributed by atoms with E-state index >= 15 is 0 Å². The molecule has 0 saturated carbocycles. The van der Waals surface area contributed by atoms with E-state index < -0.39 is 5.63 Å². The summed E-state index contributed by atoms with van der Waals surface area (Å²) in [5.74, 6) is 1.12. The van der Waals surface area contributed by atoms with Gasteiger partial charge in [-0.2, -0.15) is 0 Å². The first kappa shape index (κ1) is 18.5. The molecule has 0 aliphatic rings. The minimum absolute atomic E-state index is 0.251. The van der Waals surface area contributed by atoms with Crippen molar-refractivity contribution in [2.24, 2.45) is 0 Å². The van der Waals surface area contributed by atoms with Crippen molar-refractivity contribution >= 4 is 22.6 Å². The molecule has 29 heavy (non-hydrogen) atoms. The predicted octanol–water partition coefficient (Wildman–Crippen LogP) is 4.23. The topological polar surface area (TPSA) is 94.6 Å². The van der Waals surface area contributed by atoms with E-state index in [0.29, 0.717) is 29.2 Å². The van der Waals surface area contributed by atoms with Crippen molar-refractivity contribution in [2.75, 3.05) is 5.32 Å². The molecule has 0 unspecified atom stereocenters. The number of anilines is 1. The molecule has 146 valence electrons. The molecule has 4 rings (SSSR count). The fourth-order valence-corrected chi connectivity index (χ4v) is 2.92. The van der Waals surface area contributed by atoms with Gasteiger partial charge in [0.25, 0.3) is 5.91 Å². The molecule has 0 saturated heterocycles. The van der Waals surface area contributed by atoms with E-state index in [1.807, 2.05) is 13.8 Å². The number of hydrogen-bond donors (Lipinski definition) is 1. The second-order valence-corrected chi connectivity index (χ2v) is 6.58. The maximum absolute atomic E-state index is 12.5. The fraction of sp³-hybridized carbons (Fsp3) is 0.136. The number of ether oxygens (including phenoxy) is 1. The number of fused-ring (bicyclic) bond motifs is 1. The first-order valence-electron chi connectivity index (χ1n) is 8.99. The number of nitrogens with one attached hydrogen (secondary N) is 1. The molecule has 0 aliphatic carbocycles. The molecule has 4 aromatic rings. The molecule has 0 radical (unpaired) electrons. The van der Waals surface area contributed by atoms with Gasteiger partial charge in [0.15, 0.2) is 0 Å². The number of nitrogens with zero attached hydrogens (tertiary/aromatic N) is 1. The Morgan fingerprint density at radius 1 is 1.07 bits per heavy atom. The minimum Gasteiger partial charge on any atom is -0.489 e. The van der Waals surface area contributed by atoms with Gasteiger partial charge in [-0.3, -0.25) is 4.79 Å². The van der Waals surface area contributed by atoms with Gasteiger partial charge in [0, 0.05) is 22.7 Å². The Labute approximate surface area is 165 Å². The molecule has 1 amide bonds. The van der Waals surface area contributed by atoms with Gasteiger partial charge < -0.3 is 19.0 Å². The van der Waals surface area contributed by atoms with Gasteiger partial charge in [-0.1, -0.05) is 5.16 Å². The van der Waals surface area contributed by atoms with E-state index in [9.17, 15) is 9.59 Å². The van der Waals surface area contributed by atoms with Crippen molar-refractivity contribution in [3.8, 4) is 5.75 Å². The van der Waals surface area contributed by atoms with Crippen LogP contribution in [-0.2, 0) is 6.61 Å². The second-order valence-electron chi connectivity index (χ2n) is 6.58. The Morgan fingerprint density at radius 2 is 1.86 bits per heavy atom. The molecule has 1 N–H and O–H groups in total. The molecule has 2 heterocycles. The lowest BCUT2D eigenvalue weighted by molar-refractivity contribution is 0.102. The van der Waals surface area contributed by atoms with Crippen LogP contribution >= 0.6 is 0 Å². The summed E-state index contributed by atoms with van der Waals surface area (Å²) in [5.41, 5.74) is 2.87. The number of amides is 1. The minimum atomic E-state index is -0.411. The number of aryl methyl sites for hydroxylation is 2.